The molecule has 1 N–H and O–H groups in total. The first-order valence-electron chi connectivity index (χ1n) is 3.51. The van der Waals surface area contributed by atoms with Gasteiger partial charge in [0.2, 0.25) is 12.7 Å². The van der Waals surface area contributed by atoms with Gasteiger partial charge in [0.05, 0.1) is 12.4 Å². The fourth-order valence-electron chi connectivity index (χ4n) is 0.692. The molecular formula is C7H8FN3O2. The molecule has 1 aromatic heterocycles. The average Bonchev–Trinajstić information content (AvgIpc) is 2.18. The molecule has 5 nitrogen and oxygen atoms in total. The highest BCUT2D eigenvalue weighted by molar-refractivity contribution is 5.91. The lowest BCUT2D eigenvalue weighted by Crippen LogP contribution is -2.19. The number of carbonyl (C=O) groups is 1. The van der Waals surface area contributed by atoms with E-state index in [-0.39, 0.29) is 17.5 Å². The molecule has 0 spiro atoms. The largest absolute Gasteiger partial charge is 0.445 e. The van der Waals surface area contributed by atoms with Gasteiger partial charge in [-0.2, -0.15) is 0 Å². The highest BCUT2D eigenvalue weighted by Crippen LogP contribution is 2.03. The molecule has 0 bridgehead atoms. The monoisotopic (exact) mass is 185 g/mol. The number of hydrogen-bond donors (Lipinski definition) is 1. The highest BCUT2D eigenvalue weighted by atomic mass is 19.1. The Kier molecular flexibility index (Phi) is 3.13. The first-order valence-corrected chi connectivity index (χ1v) is 3.51. The lowest BCUT2D eigenvalue weighted by molar-refractivity contribution is 0.0957. The summed E-state index contributed by atoms with van der Waals surface area (Å²) in [7, 11) is 1.48. The van der Waals surface area contributed by atoms with Gasteiger partial charge in [-0.15, -0.1) is 0 Å². The number of alkyl halides is 1. The van der Waals surface area contributed by atoms with Crippen LogP contribution in [0.1, 0.15) is 10.5 Å². The molecular weight excluding hydrogens is 177 g/mol. The Bertz CT molecular complexity index is 288. The number of carbonyl (C=O) groups excluding carboxylic acids is 1. The number of aromatic nitrogens is 2. The van der Waals surface area contributed by atoms with Crippen molar-refractivity contribution < 1.29 is 13.9 Å². The van der Waals surface area contributed by atoms with Crippen molar-refractivity contribution in [2.45, 2.75) is 0 Å². The van der Waals surface area contributed by atoms with Crippen molar-refractivity contribution >= 4 is 5.91 Å². The van der Waals surface area contributed by atoms with Gasteiger partial charge in [0.1, 0.15) is 5.69 Å². The fourth-order valence-corrected chi connectivity index (χ4v) is 0.692. The standard InChI is InChI=1S/C7H8FN3O2/c1-9-7(12)5-2-11-6(3-10-5)13-4-8/h2-3H,4H2,1H3,(H,9,12). The minimum atomic E-state index is -0.964. The predicted octanol–water partition coefficient (Wildman–Crippen LogP) is 0.142. The third-order valence-corrected chi connectivity index (χ3v) is 1.29. The summed E-state index contributed by atoms with van der Waals surface area (Å²) < 4.78 is 16.0. The number of hydrogen-bond acceptors (Lipinski definition) is 4. The van der Waals surface area contributed by atoms with Crippen LogP contribution in [-0.2, 0) is 0 Å². The summed E-state index contributed by atoms with van der Waals surface area (Å²) in [6, 6.07) is 0. The zero-order valence-corrected chi connectivity index (χ0v) is 6.95. The predicted molar refractivity (Wildman–Crippen MR) is 42.0 cm³/mol. The molecule has 6 heteroatoms. The molecule has 0 atom stereocenters. The third kappa shape index (κ3) is 2.36. The number of amides is 1. The van der Waals surface area contributed by atoms with Crippen LogP contribution >= 0.6 is 0 Å². The number of halogens is 1. The van der Waals surface area contributed by atoms with Crippen molar-refractivity contribution in [2.75, 3.05) is 13.9 Å². The van der Waals surface area contributed by atoms with Crippen LogP contribution in [0.15, 0.2) is 12.4 Å². The maximum atomic E-state index is 11.6. The van der Waals surface area contributed by atoms with E-state index in [1.807, 2.05) is 0 Å². The van der Waals surface area contributed by atoms with Gasteiger partial charge in [0, 0.05) is 7.05 Å². The Morgan fingerprint density at radius 3 is 2.85 bits per heavy atom. The van der Waals surface area contributed by atoms with Crippen LogP contribution < -0.4 is 10.1 Å². The Morgan fingerprint density at radius 1 is 1.62 bits per heavy atom. The van der Waals surface area contributed by atoms with Crippen molar-refractivity contribution in [3.05, 3.63) is 18.1 Å². The Hall–Kier alpha value is -1.72. The smallest absolute Gasteiger partial charge is 0.271 e. The summed E-state index contributed by atoms with van der Waals surface area (Å²) in [5.74, 6) is -0.297. The first kappa shape index (κ1) is 9.37. The van der Waals surface area contributed by atoms with E-state index in [1.165, 1.54) is 19.4 Å². The van der Waals surface area contributed by atoms with Crippen molar-refractivity contribution in [3.8, 4) is 5.88 Å². The van der Waals surface area contributed by atoms with E-state index in [0.29, 0.717) is 0 Å². The van der Waals surface area contributed by atoms with Gasteiger partial charge in [-0.05, 0) is 0 Å². The summed E-state index contributed by atoms with van der Waals surface area (Å²) in [4.78, 5) is 18.3. The second-order valence-corrected chi connectivity index (χ2v) is 2.07. The topological polar surface area (TPSA) is 64.1 Å². The van der Waals surface area contributed by atoms with E-state index in [2.05, 4.69) is 20.0 Å². The molecule has 0 radical (unpaired) electrons. The zero-order valence-electron chi connectivity index (χ0n) is 6.95. The Morgan fingerprint density at radius 2 is 2.38 bits per heavy atom. The fraction of sp³-hybridized carbons (Fsp3) is 0.286. The van der Waals surface area contributed by atoms with E-state index in [0.717, 1.165) is 0 Å². The van der Waals surface area contributed by atoms with Crippen LogP contribution in [0.5, 0.6) is 5.88 Å². The van der Waals surface area contributed by atoms with E-state index >= 15 is 0 Å². The molecule has 0 aromatic carbocycles. The molecule has 0 aliphatic rings. The summed E-state index contributed by atoms with van der Waals surface area (Å²) in [6.45, 7) is -0.964. The van der Waals surface area contributed by atoms with Crippen LogP contribution in [0, 0.1) is 0 Å². The Labute approximate surface area is 74.0 Å². The number of nitrogens with zero attached hydrogens (tertiary/aromatic N) is 2. The molecule has 0 fully saturated rings. The molecule has 13 heavy (non-hydrogen) atoms. The van der Waals surface area contributed by atoms with Gasteiger partial charge < -0.3 is 10.1 Å². The molecule has 0 aliphatic heterocycles. The first-order chi connectivity index (χ1) is 6.27. The zero-order chi connectivity index (χ0) is 9.68. The van der Waals surface area contributed by atoms with Crippen LogP contribution in [-0.4, -0.2) is 29.8 Å². The molecule has 0 unspecified atom stereocenters. The van der Waals surface area contributed by atoms with Crippen LogP contribution in [0.4, 0.5) is 4.39 Å². The van der Waals surface area contributed by atoms with Gasteiger partial charge in [0.25, 0.3) is 5.91 Å². The van der Waals surface area contributed by atoms with Crippen molar-refractivity contribution in [3.63, 3.8) is 0 Å². The molecule has 0 saturated carbocycles. The van der Waals surface area contributed by atoms with Crippen LogP contribution in [0.25, 0.3) is 0 Å². The van der Waals surface area contributed by atoms with Gasteiger partial charge in [0.15, 0.2) is 0 Å². The van der Waals surface area contributed by atoms with Gasteiger partial charge in [-0.1, -0.05) is 0 Å². The SMILES string of the molecule is CNC(=O)c1cnc(OCF)cn1. The van der Waals surface area contributed by atoms with E-state index < -0.39 is 6.86 Å². The lowest BCUT2D eigenvalue weighted by Gasteiger charge is -2.00. The summed E-state index contributed by atoms with van der Waals surface area (Å²) >= 11 is 0. The molecule has 1 aromatic rings. The minimum absolute atomic E-state index is 0.0511. The molecule has 70 valence electrons. The lowest BCUT2D eigenvalue weighted by atomic mass is 10.4. The highest BCUT2D eigenvalue weighted by Gasteiger charge is 2.04. The summed E-state index contributed by atoms with van der Waals surface area (Å²) in [5.41, 5.74) is 0.161. The van der Waals surface area contributed by atoms with E-state index in [9.17, 15) is 9.18 Å². The number of ether oxygens (including phenoxy) is 1. The summed E-state index contributed by atoms with van der Waals surface area (Å²) in [5, 5.41) is 2.38. The Balaban J connectivity index is 2.75. The second-order valence-electron chi connectivity index (χ2n) is 2.07. The van der Waals surface area contributed by atoms with Gasteiger partial charge in [-0.25, -0.2) is 14.4 Å². The van der Waals surface area contributed by atoms with Gasteiger partial charge in [-0.3, -0.25) is 4.79 Å². The summed E-state index contributed by atoms with van der Waals surface area (Å²) in [6.07, 6.45) is 2.40. The molecule has 1 rings (SSSR count). The normalized spacial score (nSPS) is 9.38. The number of rotatable bonds is 3. The maximum Gasteiger partial charge on any atom is 0.271 e. The molecule has 1 heterocycles. The number of nitrogens with one attached hydrogen (secondary N) is 1. The van der Waals surface area contributed by atoms with Crippen LogP contribution in [0.3, 0.4) is 0 Å². The van der Waals surface area contributed by atoms with Crippen molar-refractivity contribution in [1.29, 1.82) is 0 Å². The van der Waals surface area contributed by atoms with E-state index in [4.69, 9.17) is 0 Å². The van der Waals surface area contributed by atoms with Crippen molar-refractivity contribution in [2.24, 2.45) is 0 Å². The second kappa shape index (κ2) is 4.34. The molecule has 0 aliphatic carbocycles. The van der Waals surface area contributed by atoms with Crippen molar-refractivity contribution in [1.82, 2.24) is 15.3 Å². The molecule has 0 saturated heterocycles. The van der Waals surface area contributed by atoms with Crippen LogP contribution in [0.2, 0.25) is 0 Å². The molecule has 1 amide bonds. The third-order valence-electron chi connectivity index (χ3n) is 1.29. The maximum absolute atomic E-state index is 11.6. The minimum Gasteiger partial charge on any atom is -0.445 e. The van der Waals surface area contributed by atoms with E-state index in [1.54, 1.807) is 0 Å². The van der Waals surface area contributed by atoms with Gasteiger partial charge >= 0.3 is 0 Å². The quantitative estimate of drug-likeness (QED) is 0.727. The average molecular weight is 185 g/mol.